The molecule has 1 aromatic rings. The highest BCUT2D eigenvalue weighted by atomic mass is 16.4. The van der Waals surface area contributed by atoms with Crippen LogP contribution in [0.2, 0.25) is 0 Å². The van der Waals surface area contributed by atoms with Crippen LogP contribution in [0, 0.1) is 12.8 Å². The lowest BCUT2D eigenvalue weighted by molar-refractivity contribution is -0.142. The fraction of sp³-hybridized carbons (Fsp3) is 0.556. The van der Waals surface area contributed by atoms with E-state index < -0.39 is 12.2 Å². The molecule has 2 aliphatic heterocycles. The third kappa shape index (κ3) is 3.38. The molecule has 1 aromatic carbocycles. The molecule has 0 aliphatic carbocycles. The van der Waals surface area contributed by atoms with Crippen molar-refractivity contribution in [2.45, 2.75) is 44.8 Å². The highest BCUT2D eigenvalue weighted by Gasteiger charge is 2.29. The van der Waals surface area contributed by atoms with Crippen LogP contribution in [0.1, 0.15) is 42.7 Å². The minimum absolute atomic E-state index is 0.119. The number of piperidine rings is 2. The van der Waals surface area contributed by atoms with Crippen molar-refractivity contribution in [3.05, 3.63) is 29.3 Å². The second-order valence-electron chi connectivity index (χ2n) is 6.79. The lowest BCUT2D eigenvalue weighted by atomic mass is 9.87. The van der Waals surface area contributed by atoms with Crippen molar-refractivity contribution < 1.29 is 19.8 Å². The first kappa shape index (κ1) is 16.8. The second kappa shape index (κ2) is 6.81. The maximum atomic E-state index is 12.1. The van der Waals surface area contributed by atoms with Crippen LogP contribution in [0.4, 0.5) is 5.69 Å². The van der Waals surface area contributed by atoms with E-state index in [4.69, 9.17) is 5.11 Å². The van der Waals surface area contributed by atoms with Crippen LogP contribution >= 0.6 is 0 Å². The number of anilines is 1. The average Bonchev–Trinajstić information content (AvgIpc) is 2.55. The molecule has 2 atom stereocenters. The van der Waals surface area contributed by atoms with Crippen LogP contribution < -0.4 is 10.2 Å². The molecule has 6 nitrogen and oxygen atoms in total. The molecule has 2 unspecified atom stereocenters. The van der Waals surface area contributed by atoms with Gasteiger partial charge in [0.15, 0.2) is 0 Å². The van der Waals surface area contributed by atoms with Gasteiger partial charge in [0.05, 0.1) is 11.8 Å². The largest absolute Gasteiger partial charge is 0.481 e. The van der Waals surface area contributed by atoms with Crippen LogP contribution in [0.15, 0.2) is 18.2 Å². The van der Waals surface area contributed by atoms with E-state index in [2.05, 4.69) is 16.3 Å². The van der Waals surface area contributed by atoms with Crippen molar-refractivity contribution in [2.75, 3.05) is 18.0 Å². The van der Waals surface area contributed by atoms with E-state index in [9.17, 15) is 14.7 Å². The monoisotopic (exact) mass is 332 g/mol. The van der Waals surface area contributed by atoms with Gasteiger partial charge in [-0.25, -0.2) is 0 Å². The number of carbonyl (C=O) groups is 2. The summed E-state index contributed by atoms with van der Waals surface area (Å²) in [5.74, 6) is -1.27. The normalized spacial score (nSPS) is 25.4. The minimum Gasteiger partial charge on any atom is -0.481 e. The Balaban J connectivity index is 1.71. The molecule has 2 heterocycles. The predicted molar refractivity (Wildman–Crippen MR) is 89.9 cm³/mol. The van der Waals surface area contributed by atoms with Crippen molar-refractivity contribution in [1.29, 1.82) is 0 Å². The molecule has 24 heavy (non-hydrogen) atoms. The standard InChI is InChI=1S/C18H24N2O4/c1-11-10-13(20-8-6-12(7-9-20)18(23)24)2-3-14(11)15-4-5-16(21)19-17(15)22/h2-3,10,12,15-16,21H,4-9H2,1H3,(H,19,22)(H,23,24). The smallest absolute Gasteiger partial charge is 0.306 e. The zero-order valence-corrected chi connectivity index (χ0v) is 13.9. The summed E-state index contributed by atoms with van der Waals surface area (Å²) in [5.41, 5.74) is 3.14. The summed E-state index contributed by atoms with van der Waals surface area (Å²) in [4.78, 5) is 25.4. The van der Waals surface area contributed by atoms with Crippen LogP contribution in [0.3, 0.4) is 0 Å². The zero-order valence-electron chi connectivity index (χ0n) is 13.9. The van der Waals surface area contributed by atoms with Crippen LogP contribution in [-0.2, 0) is 9.59 Å². The number of aliphatic hydroxyl groups excluding tert-OH is 1. The number of aryl methyl sites for hydroxylation is 1. The summed E-state index contributed by atoms with van der Waals surface area (Å²) in [7, 11) is 0. The van der Waals surface area contributed by atoms with Crippen LogP contribution in [0.25, 0.3) is 0 Å². The molecule has 3 rings (SSSR count). The maximum Gasteiger partial charge on any atom is 0.306 e. The molecule has 2 saturated heterocycles. The van der Waals surface area contributed by atoms with Gasteiger partial charge < -0.3 is 20.4 Å². The Morgan fingerprint density at radius 1 is 1.21 bits per heavy atom. The number of aliphatic carboxylic acids is 1. The van der Waals surface area contributed by atoms with Crippen molar-refractivity contribution in [3.8, 4) is 0 Å². The molecule has 6 heteroatoms. The van der Waals surface area contributed by atoms with Gasteiger partial charge in [-0.2, -0.15) is 0 Å². The van der Waals surface area contributed by atoms with E-state index in [1.165, 1.54) is 0 Å². The van der Waals surface area contributed by atoms with Gasteiger partial charge in [-0.05, 0) is 55.9 Å². The first-order valence-electron chi connectivity index (χ1n) is 8.52. The molecule has 0 radical (unpaired) electrons. The number of benzene rings is 1. The Morgan fingerprint density at radius 2 is 1.92 bits per heavy atom. The van der Waals surface area contributed by atoms with Crippen molar-refractivity contribution in [1.82, 2.24) is 5.32 Å². The van der Waals surface area contributed by atoms with Crippen molar-refractivity contribution >= 4 is 17.6 Å². The van der Waals surface area contributed by atoms with Gasteiger partial charge in [0.25, 0.3) is 0 Å². The summed E-state index contributed by atoms with van der Waals surface area (Å²) in [6.07, 6.45) is 1.82. The third-order valence-corrected chi connectivity index (χ3v) is 5.19. The topological polar surface area (TPSA) is 89.9 Å². The Labute approximate surface area is 141 Å². The van der Waals surface area contributed by atoms with Gasteiger partial charge in [-0.1, -0.05) is 6.07 Å². The lowest BCUT2D eigenvalue weighted by Gasteiger charge is -2.33. The number of hydrogen-bond acceptors (Lipinski definition) is 4. The van der Waals surface area contributed by atoms with Gasteiger partial charge in [-0.15, -0.1) is 0 Å². The van der Waals surface area contributed by atoms with Gasteiger partial charge in [-0.3, -0.25) is 9.59 Å². The number of nitrogens with one attached hydrogen (secondary N) is 1. The quantitative estimate of drug-likeness (QED) is 0.782. The highest BCUT2D eigenvalue weighted by Crippen LogP contribution is 2.32. The molecule has 130 valence electrons. The van der Waals surface area contributed by atoms with Crippen LogP contribution in [-0.4, -0.2) is 41.4 Å². The van der Waals surface area contributed by atoms with Gasteiger partial charge in [0.2, 0.25) is 5.91 Å². The number of amides is 1. The first-order chi connectivity index (χ1) is 11.5. The third-order valence-electron chi connectivity index (χ3n) is 5.19. The molecule has 0 bridgehead atoms. The number of aliphatic hydroxyl groups is 1. The van der Waals surface area contributed by atoms with E-state index in [0.29, 0.717) is 25.7 Å². The second-order valence-corrected chi connectivity index (χ2v) is 6.79. The molecular formula is C18H24N2O4. The molecule has 0 saturated carbocycles. The number of hydrogen-bond donors (Lipinski definition) is 3. The minimum atomic E-state index is -0.733. The molecule has 0 aromatic heterocycles. The fourth-order valence-electron chi connectivity index (χ4n) is 3.72. The van der Waals surface area contributed by atoms with Crippen LogP contribution in [0.5, 0.6) is 0 Å². The summed E-state index contributed by atoms with van der Waals surface area (Å²) in [6.45, 7) is 3.48. The zero-order chi connectivity index (χ0) is 17.3. The summed E-state index contributed by atoms with van der Waals surface area (Å²) >= 11 is 0. The highest BCUT2D eigenvalue weighted by molar-refractivity contribution is 5.85. The van der Waals surface area contributed by atoms with E-state index in [0.717, 1.165) is 29.9 Å². The Kier molecular flexibility index (Phi) is 4.76. The summed E-state index contributed by atoms with van der Waals surface area (Å²) < 4.78 is 0. The van der Waals surface area contributed by atoms with Gasteiger partial charge in [0.1, 0.15) is 6.23 Å². The fourth-order valence-corrected chi connectivity index (χ4v) is 3.72. The average molecular weight is 332 g/mol. The Hall–Kier alpha value is -2.08. The molecular weight excluding hydrogens is 308 g/mol. The first-order valence-corrected chi connectivity index (χ1v) is 8.52. The van der Waals surface area contributed by atoms with Crippen molar-refractivity contribution in [2.24, 2.45) is 5.92 Å². The molecule has 3 N–H and O–H groups in total. The number of carbonyl (C=O) groups excluding carboxylic acids is 1. The Morgan fingerprint density at radius 3 is 2.50 bits per heavy atom. The number of nitrogens with zero attached hydrogens (tertiary/aromatic N) is 1. The van der Waals surface area contributed by atoms with E-state index >= 15 is 0 Å². The lowest BCUT2D eigenvalue weighted by Crippen LogP contribution is -2.43. The van der Waals surface area contributed by atoms with E-state index in [-0.39, 0.29) is 17.7 Å². The van der Waals surface area contributed by atoms with E-state index in [1.54, 1.807) is 0 Å². The Bertz CT molecular complexity index is 638. The predicted octanol–water partition coefficient (Wildman–Crippen LogP) is 1.61. The molecule has 2 aliphatic rings. The van der Waals surface area contributed by atoms with Crippen molar-refractivity contribution in [3.63, 3.8) is 0 Å². The molecule has 0 spiro atoms. The molecule has 1 amide bonds. The number of rotatable bonds is 3. The molecule has 2 fully saturated rings. The maximum absolute atomic E-state index is 12.1. The SMILES string of the molecule is Cc1cc(N2CCC(C(=O)O)CC2)ccc1C1CCC(O)NC1=O. The van der Waals surface area contributed by atoms with E-state index in [1.807, 2.05) is 19.1 Å². The summed E-state index contributed by atoms with van der Waals surface area (Å²) in [6, 6.07) is 6.09. The van der Waals surface area contributed by atoms with Gasteiger partial charge in [0, 0.05) is 18.8 Å². The van der Waals surface area contributed by atoms with Gasteiger partial charge >= 0.3 is 5.97 Å². The number of carboxylic acids is 1. The summed E-state index contributed by atoms with van der Waals surface area (Å²) in [5, 5.41) is 21.2. The number of carboxylic acid groups (broad SMARTS) is 1.